The van der Waals surface area contributed by atoms with Crippen molar-refractivity contribution in [2.75, 3.05) is 0 Å². The van der Waals surface area contributed by atoms with Gasteiger partial charge < -0.3 is 5.32 Å². The minimum atomic E-state index is 0.635. The quantitative estimate of drug-likeness (QED) is 0.803. The van der Waals surface area contributed by atoms with Crippen molar-refractivity contribution in [1.82, 2.24) is 5.32 Å². The van der Waals surface area contributed by atoms with E-state index in [1.165, 1.54) is 36.0 Å². The van der Waals surface area contributed by atoms with Gasteiger partial charge in [0.25, 0.3) is 0 Å². The lowest BCUT2D eigenvalue weighted by Crippen LogP contribution is -2.25. The standard InChI is InChI=1S/C19H23N/c1-15(13-16-7-8-16)20-14-17-9-11-19(12-10-17)18-5-3-2-4-6-18/h2-6,9-12,15-16,20H,7-8,13-14H2,1H3. The molecular weight excluding hydrogens is 242 g/mol. The van der Waals surface area contributed by atoms with Crippen LogP contribution in [0.25, 0.3) is 11.1 Å². The van der Waals surface area contributed by atoms with E-state index < -0.39 is 0 Å². The molecule has 0 heterocycles. The van der Waals surface area contributed by atoms with Crippen LogP contribution in [0.15, 0.2) is 54.6 Å². The fraction of sp³-hybridized carbons (Fsp3) is 0.368. The highest BCUT2D eigenvalue weighted by Gasteiger charge is 2.23. The van der Waals surface area contributed by atoms with E-state index in [0.717, 1.165) is 12.5 Å². The summed E-state index contributed by atoms with van der Waals surface area (Å²) in [6, 6.07) is 20.1. The molecule has 20 heavy (non-hydrogen) atoms. The van der Waals surface area contributed by atoms with Crippen LogP contribution in [-0.2, 0) is 6.54 Å². The third kappa shape index (κ3) is 3.71. The Hall–Kier alpha value is -1.60. The topological polar surface area (TPSA) is 12.0 Å². The van der Waals surface area contributed by atoms with Gasteiger partial charge in [0.1, 0.15) is 0 Å². The van der Waals surface area contributed by atoms with Gasteiger partial charge in [-0.2, -0.15) is 0 Å². The van der Waals surface area contributed by atoms with Gasteiger partial charge in [0.15, 0.2) is 0 Å². The van der Waals surface area contributed by atoms with Gasteiger partial charge >= 0.3 is 0 Å². The largest absolute Gasteiger partial charge is 0.310 e. The Kier molecular flexibility index (Phi) is 4.17. The smallest absolute Gasteiger partial charge is 0.0207 e. The Labute approximate surface area is 122 Å². The van der Waals surface area contributed by atoms with Crippen LogP contribution < -0.4 is 5.32 Å². The first kappa shape index (κ1) is 13.4. The summed E-state index contributed by atoms with van der Waals surface area (Å²) in [6.45, 7) is 3.28. The molecule has 0 radical (unpaired) electrons. The van der Waals surface area contributed by atoms with E-state index in [-0.39, 0.29) is 0 Å². The van der Waals surface area contributed by atoms with E-state index in [2.05, 4.69) is 66.8 Å². The summed E-state index contributed by atoms with van der Waals surface area (Å²) in [4.78, 5) is 0. The van der Waals surface area contributed by atoms with Crippen LogP contribution in [0.2, 0.25) is 0 Å². The highest BCUT2D eigenvalue weighted by molar-refractivity contribution is 5.63. The zero-order chi connectivity index (χ0) is 13.8. The van der Waals surface area contributed by atoms with Crippen LogP contribution in [0.3, 0.4) is 0 Å². The molecule has 0 saturated heterocycles. The molecule has 1 N–H and O–H groups in total. The molecule has 3 rings (SSSR count). The highest BCUT2D eigenvalue weighted by atomic mass is 14.9. The second-order valence-corrected chi connectivity index (χ2v) is 6.02. The van der Waals surface area contributed by atoms with E-state index in [9.17, 15) is 0 Å². The second-order valence-electron chi connectivity index (χ2n) is 6.02. The summed E-state index contributed by atoms with van der Waals surface area (Å²) in [6.07, 6.45) is 4.22. The molecule has 0 amide bonds. The van der Waals surface area contributed by atoms with E-state index in [1.54, 1.807) is 0 Å². The van der Waals surface area contributed by atoms with Crippen molar-refractivity contribution in [3.05, 3.63) is 60.2 Å². The van der Waals surface area contributed by atoms with Crippen molar-refractivity contribution in [2.24, 2.45) is 5.92 Å². The molecule has 1 aliphatic rings. The maximum absolute atomic E-state index is 3.63. The molecule has 1 atom stereocenters. The average molecular weight is 265 g/mol. The lowest BCUT2D eigenvalue weighted by Gasteiger charge is -2.13. The fourth-order valence-electron chi connectivity index (χ4n) is 2.67. The summed E-state index contributed by atoms with van der Waals surface area (Å²) in [5, 5.41) is 3.63. The number of benzene rings is 2. The molecule has 1 heteroatoms. The first-order valence-electron chi connectivity index (χ1n) is 7.69. The molecule has 0 spiro atoms. The third-order valence-electron chi connectivity index (χ3n) is 4.10. The van der Waals surface area contributed by atoms with Crippen LogP contribution >= 0.6 is 0 Å². The van der Waals surface area contributed by atoms with E-state index in [4.69, 9.17) is 0 Å². The molecule has 1 unspecified atom stereocenters. The molecule has 2 aromatic rings. The zero-order valence-corrected chi connectivity index (χ0v) is 12.2. The number of nitrogens with one attached hydrogen (secondary N) is 1. The maximum atomic E-state index is 3.63. The molecule has 1 fully saturated rings. The number of rotatable bonds is 6. The van der Waals surface area contributed by atoms with Crippen LogP contribution in [0, 0.1) is 5.92 Å². The molecule has 0 bridgehead atoms. The predicted octanol–water partition coefficient (Wildman–Crippen LogP) is 4.63. The minimum Gasteiger partial charge on any atom is -0.310 e. The summed E-state index contributed by atoms with van der Waals surface area (Å²) in [7, 11) is 0. The van der Waals surface area contributed by atoms with Crippen molar-refractivity contribution in [1.29, 1.82) is 0 Å². The molecule has 0 aromatic heterocycles. The molecule has 2 aromatic carbocycles. The Morgan fingerprint density at radius 2 is 1.60 bits per heavy atom. The van der Waals surface area contributed by atoms with Gasteiger partial charge in [-0.3, -0.25) is 0 Å². The Balaban J connectivity index is 1.55. The van der Waals surface area contributed by atoms with Crippen molar-refractivity contribution >= 4 is 0 Å². The van der Waals surface area contributed by atoms with Gasteiger partial charge in [-0.15, -0.1) is 0 Å². The van der Waals surface area contributed by atoms with Crippen LogP contribution in [-0.4, -0.2) is 6.04 Å². The molecule has 1 saturated carbocycles. The van der Waals surface area contributed by atoms with Gasteiger partial charge in [0, 0.05) is 12.6 Å². The van der Waals surface area contributed by atoms with E-state index in [0.29, 0.717) is 6.04 Å². The summed E-state index contributed by atoms with van der Waals surface area (Å²) >= 11 is 0. The van der Waals surface area contributed by atoms with Gasteiger partial charge in [0.2, 0.25) is 0 Å². The number of hydrogen-bond acceptors (Lipinski definition) is 1. The van der Waals surface area contributed by atoms with Gasteiger partial charge in [0.05, 0.1) is 0 Å². The number of hydrogen-bond donors (Lipinski definition) is 1. The molecule has 1 nitrogen and oxygen atoms in total. The highest BCUT2D eigenvalue weighted by Crippen LogP contribution is 2.33. The van der Waals surface area contributed by atoms with E-state index >= 15 is 0 Å². The first-order chi connectivity index (χ1) is 9.81. The maximum Gasteiger partial charge on any atom is 0.0207 e. The Morgan fingerprint density at radius 1 is 0.950 bits per heavy atom. The van der Waals surface area contributed by atoms with Crippen LogP contribution in [0.4, 0.5) is 0 Å². The van der Waals surface area contributed by atoms with Crippen molar-refractivity contribution in [3.8, 4) is 11.1 Å². The fourth-order valence-corrected chi connectivity index (χ4v) is 2.67. The lowest BCUT2D eigenvalue weighted by molar-refractivity contribution is 0.487. The van der Waals surface area contributed by atoms with Crippen molar-refractivity contribution in [2.45, 2.75) is 38.8 Å². The third-order valence-corrected chi connectivity index (χ3v) is 4.10. The second kappa shape index (κ2) is 6.23. The average Bonchev–Trinajstić information content (AvgIpc) is 3.31. The van der Waals surface area contributed by atoms with Crippen LogP contribution in [0.5, 0.6) is 0 Å². The SMILES string of the molecule is CC(CC1CC1)NCc1ccc(-c2ccccc2)cc1. The van der Waals surface area contributed by atoms with Gasteiger partial charge in [-0.25, -0.2) is 0 Å². The summed E-state index contributed by atoms with van der Waals surface area (Å²) in [5.41, 5.74) is 3.95. The molecule has 104 valence electrons. The molecule has 0 aliphatic heterocycles. The molecule has 1 aliphatic carbocycles. The van der Waals surface area contributed by atoms with Crippen LogP contribution in [0.1, 0.15) is 31.7 Å². The normalized spacial score (nSPS) is 16.1. The Bertz CT molecular complexity index is 525. The van der Waals surface area contributed by atoms with E-state index in [1.807, 2.05) is 0 Å². The predicted molar refractivity (Wildman–Crippen MR) is 85.5 cm³/mol. The summed E-state index contributed by atoms with van der Waals surface area (Å²) < 4.78 is 0. The van der Waals surface area contributed by atoms with Gasteiger partial charge in [-0.1, -0.05) is 67.4 Å². The molecular formula is C19H23N. The lowest BCUT2D eigenvalue weighted by atomic mass is 10.0. The van der Waals surface area contributed by atoms with Gasteiger partial charge in [-0.05, 0) is 36.0 Å². The van der Waals surface area contributed by atoms with Crippen molar-refractivity contribution in [3.63, 3.8) is 0 Å². The minimum absolute atomic E-state index is 0.635. The zero-order valence-electron chi connectivity index (χ0n) is 12.2. The monoisotopic (exact) mass is 265 g/mol. The first-order valence-corrected chi connectivity index (χ1v) is 7.69. The summed E-state index contributed by atoms with van der Waals surface area (Å²) in [5.74, 6) is 0.998. The van der Waals surface area contributed by atoms with Crippen molar-refractivity contribution < 1.29 is 0 Å². The Morgan fingerprint density at radius 3 is 2.25 bits per heavy atom.